The number of aromatic nitrogens is 6. The molecule has 0 radical (unpaired) electrons. The number of aryl methyl sites for hydroxylation is 3. The zero-order chi connectivity index (χ0) is 22.1. The van der Waals surface area contributed by atoms with Gasteiger partial charge in [-0.1, -0.05) is 49.4 Å². The maximum Gasteiger partial charge on any atom is 0.273 e. The normalized spacial score (nSPS) is 10.5. The second-order valence-corrected chi connectivity index (χ2v) is 7.06. The van der Waals surface area contributed by atoms with Gasteiger partial charge in [-0.3, -0.25) is 9.48 Å². The molecule has 0 spiro atoms. The maximum absolute atomic E-state index is 12.2. The smallest absolute Gasteiger partial charge is 0.273 e. The number of benzene rings is 1. The molecule has 31 heavy (non-hydrogen) atoms. The van der Waals surface area contributed by atoms with Crippen LogP contribution < -0.4 is 5.32 Å². The van der Waals surface area contributed by atoms with E-state index in [0.29, 0.717) is 18.8 Å². The van der Waals surface area contributed by atoms with Crippen LogP contribution in [-0.4, -0.2) is 36.1 Å². The first kappa shape index (κ1) is 22.1. The minimum atomic E-state index is -0.217. The average molecular weight is 420 g/mol. The first-order chi connectivity index (χ1) is 15.2. The summed E-state index contributed by atoms with van der Waals surface area (Å²) in [6, 6.07) is 11.9. The van der Waals surface area contributed by atoms with Crippen molar-refractivity contribution in [1.29, 1.82) is 0 Å². The van der Waals surface area contributed by atoms with E-state index in [4.69, 9.17) is 0 Å². The third kappa shape index (κ3) is 5.97. The molecule has 4 aromatic rings. The fraction of sp³-hybridized carbons (Fsp3) is 0.348. The van der Waals surface area contributed by atoms with Crippen LogP contribution in [0.5, 0.6) is 0 Å². The van der Waals surface area contributed by atoms with Crippen LogP contribution in [0.15, 0.2) is 48.8 Å². The number of nitrogens with zero attached hydrogens (tertiary/aromatic N) is 5. The van der Waals surface area contributed by atoms with Crippen LogP contribution >= 0.6 is 0 Å². The molecule has 1 amide bonds. The predicted octanol–water partition coefficient (Wildman–Crippen LogP) is 3.84. The number of carbonyl (C=O) groups is 1. The van der Waals surface area contributed by atoms with Crippen LogP contribution in [0.1, 0.15) is 54.0 Å². The van der Waals surface area contributed by atoms with Crippen molar-refractivity contribution >= 4 is 16.9 Å². The van der Waals surface area contributed by atoms with Crippen LogP contribution in [0.3, 0.4) is 0 Å². The molecule has 0 saturated heterocycles. The summed E-state index contributed by atoms with van der Waals surface area (Å²) >= 11 is 0. The molecule has 4 rings (SSSR count). The zero-order valence-electron chi connectivity index (χ0n) is 18.3. The summed E-state index contributed by atoms with van der Waals surface area (Å²) in [5.74, 6) is -0.217. The lowest BCUT2D eigenvalue weighted by molar-refractivity contribution is 0.0946. The average Bonchev–Trinajstić information content (AvgIpc) is 3.44. The van der Waals surface area contributed by atoms with Crippen molar-refractivity contribution in [3.8, 4) is 0 Å². The topological polar surface area (TPSA) is 101 Å². The van der Waals surface area contributed by atoms with E-state index < -0.39 is 0 Å². The van der Waals surface area contributed by atoms with Gasteiger partial charge in [-0.2, -0.15) is 5.10 Å². The van der Waals surface area contributed by atoms with E-state index in [0.717, 1.165) is 41.6 Å². The monoisotopic (exact) mass is 419 g/mol. The largest absolute Gasteiger partial charge is 0.347 e. The Labute approximate surface area is 182 Å². The van der Waals surface area contributed by atoms with E-state index >= 15 is 0 Å². The van der Waals surface area contributed by atoms with Gasteiger partial charge in [0.1, 0.15) is 0 Å². The van der Waals surface area contributed by atoms with Crippen molar-refractivity contribution < 1.29 is 4.79 Å². The molecule has 8 heteroatoms. The number of hydrogen-bond donors (Lipinski definition) is 2. The van der Waals surface area contributed by atoms with E-state index in [2.05, 4.69) is 43.8 Å². The lowest BCUT2D eigenvalue weighted by atomic mass is 10.1. The van der Waals surface area contributed by atoms with Crippen molar-refractivity contribution in [2.45, 2.75) is 53.1 Å². The fourth-order valence-electron chi connectivity index (χ4n) is 3.18. The van der Waals surface area contributed by atoms with Crippen molar-refractivity contribution in [3.63, 3.8) is 0 Å². The summed E-state index contributed by atoms with van der Waals surface area (Å²) in [7, 11) is 0. The predicted molar refractivity (Wildman–Crippen MR) is 121 cm³/mol. The van der Waals surface area contributed by atoms with Crippen molar-refractivity contribution in [2.75, 3.05) is 0 Å². The van der Waals surface area contributed by atoms with Gasteiger partial charge in [0.15, 0.2) is 11.3 Å². The molecule has 8 nitrogen and oxygen atoms in total. The number of H-pyrrole nitrogens is 1. The van der Waals surface area contributed by atoms with Gasteiger partial charge in [0, 0.05) is 24.7 Å². The zero-order valence-corrected chi connectivity index (χ0v) is 18.3. The fourth-order valence-corrected chi connectivity index (χ4v) is 3.18. The Hall–Kier alpha value is -3.55. The summed E-state index contributed by atoms with van der Waals surface area (Å²) in [4.78, 5) is 15.3. The highest BCUT2D eigenvalue weighted by Crippen LogP contribution is 2.16. The molecule has 1 aromatic carbocycles. The molecular formula is C23H29N7O. The highest BCUT2D eigenvalue weighted by Gasteiger charge is 2.10. The molecule has 0 saturated carbocycles. The molecule has 0 atom stereocenters. The number of carbonyl (C=O) groups excluding carboxylic acids is 1. The van der Waals surface area contributed by atoms with E-state index in [1.165, 1.54) is 5.56 Å². The summed E-state index contributed by atoms with van der Waals surface area (Å²) < 4.78 is 1.71. The van der Waals surface area contributed by atoms with Gasteiger partial charge in [-0.15, -0.1) is 10.2 Å². The van der Waals surface area contributed by atoms with E-state index in [1.54, 1.807) is 10.9 Å². The number of amides is 1. The number of nitrogens with one attached hydrogen (secondary N) is 2. The van der Waals surface area contributed by atoms with Gasteiger partial charge < -0.3 is 10.3 Å². The van der Waals surface area contributed by atoms with Gasteiger partial charge in [0.25, 0.3) is 5.91 Å². The highest BCUT2D eigenvalue weighted by atomic mass is 16.2. The standard InChI is InChI=1S/C21H23N7O.C2H6/c1-15-12-22-20-18(15)11-17(24-26-20)9-5-6-10-28-14-19(25-27-28)21(29)23-13-16-7-3-2-4-8-16;1-2/h2-4,7-8,11-12,14H,5-6,9-10,13H2,1H3,(H,22,26)(H,23,29);1-2H3. The molecule has 0 aliphatic rings. The Balaban J connectivity index is 0.00000132. The third-order valence-corrected chi connectivity index (χ3v) is 4.83. The number of hydrogen-bond acceptors (Lipinski definition) is 5. The minimum Gasteiger partial charge on any atom is -0.347 e. The van der Waals surface area contributed by atoms with Crippen LogP contribution in [0.25, 0.3) is 11.0 Å². The van der Waals surface area contributed by atoms with E-state index in [1.807, 2.05) is 50.4 Å². The number of aromatic amines is 1. The molecule has 162 valence electrons. The summed E-state index contributed by atoms with van der Waals surface area (Å²) in [5.41, 5.74) is 4.37. The lowest BCUT2D eigenvalue weighted by Crippen LogP contribution is -2.23. The number of rotatable bonds is 8. The van der Waals surface area contributed by atoms with Gasteiger partial charge in [0.2, 0.25) is 0 Å². The summed E-state index contributed by atoms with van der Waals surface area (Å²) in [5, 5.41) is 20.5. The van der Waals surface area contributed by atoms with Gasteiger partial charge in [0.05, 0.1) is 11.9 Å². The second-order valence-electron chi connectivity index (χ2n) is 7.06. The van der Waals surface area contributed by atoms with E-state index in [9.17, 15) is 4.79 Å². The molecule has 0 unspecified atom stereocenters. The van der Waals surface area contributed by atoms with Crippen molar-refractivity contribution in [1.82, 2.24) is 35.5 Å². The maximum atomic E-state index is 12.2. The lowest BCUT2D eigenvalue weighted by Gasteiger charge is -2.03. The Kier molecular flexibility index (Phi) is 7.86. The molecule has 3 heterocycles. The molecule has 0 bridgehead atoms. The van der Waals surface area contributed by atoms with Gasteiger partial charge in [-0.25, -0.2) is 0 Å². The number of fused-ring (bicyclic) bond motifs is 1. The van der Waals surface area contributed by atoms with Crippen molar-refractivity contribution in [2.24, 2.45) is 0 Å². The number of unbranched alkanes of at least 4 members (excludes halogenated alkanes) is 1. The SMILES string of the molecule is CC.Cc1c[nH]c2nnc(CCCCn3cc(C(=O)NCc4ccccc4)nn3)cc12. The van der Waals surface area contributed by atoms with Crippen LogP contribution in [0, 0.1) is 6.92 Å². The molecule has 3 aromatic heterocycles. The van der Waals surface area contributed by atoms with Crippen molar-refractivity contribution in [3.05, 3.63) is 71.3 Å². The second kappa shape index (κ2) is 11.0. The van der Waals surface area contributed by atoms with Gasteiger partial charge >= 0.3 is 0 Å². The molecule has 0 fully saturated rings. The molecule has 2 N–H and O–H groups in total. The van der Waals surface area contributed by atoms with Crippen LogP contribution in [0.4, 0.5) is 0 Å². The van der Waals surface area contributed by atoms with Gasteiger partial charge in [-0.05, 0) is 43.4 Å². The Bertz CT molecular complexity index is 1100. The van der Waals surface area contributed by atoms with Crippen LogP contribution in [-0.2, 0) is 19.5 Å². The minimum absolute atomic E-state index is 0.217. The Morgan fingerprint density at radius 2 is 1.90 bits per heavy atom. The first-order valence-corrected chi connectivity index (χ1v) is 10.7. The Morgan fingerprint density at radius 3 is 2.71 bits per heavy atom. The molecule has 0 aliphatic carbocycles. The molecular weight excluding hydrogens is 390 g/mol. The quantitative estimate of drug-likeness (QED) is 0.423. The summed E-state index contributed by atoms with van der Waals surface area (Å²) in [6.45, 7) is 7.24. The third-order valence-electron chi connectivity index (χ3n) is 4.83. The highest BCUT2D eigenvalue weighted by molar-refractivity contribution is 5.91. The summed E-state index contributed by atoms with van der Waals surface area (Å²) in [6.07, 6.45) is 6.36. The Morgan fingerprint density at radius 1 is 1.10 bits per heavy atom. The molecule has 0 aliphatic heterocycles. The first-order valence-electron chi connectivity index (χ1n) is 10.7. The van der Waals surface area contributed by atoms with Crippen LogP contribution in [0.2, 0.25) is 0 Å². The van der Waals surface area contributed by atoms with E-state index in [-0.39, 0.29) is 5.91 Å².